The van der Waals surface area contributed by atoms with Crippen LogP contribution in [0.15, 0.2) is 24.3 Å². The van der Waals surface area contributed by atoms with E-state index in [2.05, 4.69) is 0 Å². The van der Waals surface area contributed by atoms with Crippen LogP contribution in [0.25, 0.3) is 0 Å². The Balaban J connectivity index is 2.33. The molecule has 0 saturated carbocycles. The van der Waals surface area contributed by atoms with E-state index in [4.69, 9.17) is 14.2 Å². The summed E-state index contributed by atoms with van der Waals surface area (Å²) in [6.45, 7) is 5.64. The quantitative estimate of drug-likeness (QED) is 0.699. The van der Waals surface area contributed by atoms with E-state index in [0.29, 0.717) is 26.2 Å². The van der Waals surface area contributed by atoms with Gasteiger partial charge in [-0.05, 0) is 31.5 Å². The molecule has 0 aliphatic carbocycles. The first-order chi connectivity index (χ1) is 9.13. The fourth-order valence-electron chi connectivity index (χ4n) is 1.65. The normalized spacial score (nSPS) is 12.7. The van der Waals surface area contributed by atoms with Gasteiger partial charge < -0.3 is 19.3 Å². The summed E-state index contributed by atoms with van der Waals surface area (Å²) in [6, 6.07) is 7.53. The van der Waals surface area contributed by atoms with Crippen molar-refractivity contribution in [3.63, 3.8) is 0 Å². The van der Waals surface area contributed by atoms with Gasteiger partial charge in [0.15, 0.2) is 0 Å². The van der Waals surface area contributed by atoms with Crippen molar-refractivity contribution in [2.75, 3.05) is 26.9 Å². The lowest BCUT2D eigenvalue weighted by Gasteiger charge is -2.13. The van der Waals surface area contributed by atoms with E-state index >= 15 is 0 Å². The Morgan fingerprint density at radius 3 is 2.32 bits per heavy atom. The van der Waals surface area contributed by atoms with Gasteiger partial charge in [-0.1, -0.05) is 12.1 Å². The summed E-state index contributed by atoms with van der Waals surface area (Å²) in [5.74, 6) is 0.822. The fourth-order valence-corrected chi connectivity index (χ4v) is 1.65. The topological polar surface area (TPSA) is 47.9 Å². The summed E-state index contributed by atoms with van der Waals surface area (Å²) >= 11 is 0. The Kier molecular flexibility index (Phi) is 7.48. The van der Waals surface area contributed by atoms with E-state index in [0.717, 1.165) is 11.3 Å². The van der Waals surface area contributed by atoms with Crippen molar-refractivity contribution in [2.24, 2.45) is 0 Å². The zero-order valence-electron chi connectivity index (χ0n) is 12.0. The van der Waals surface area contributed by atoms with Crippen LogP contribution in [0.3, 0.4) is 0 Å². The number of benzene rings is 1. The van der Waals surface area contributed by atoms with E-state index in [1.165, 1.54) is 0 Å². The number of methoxy groups -OCH3 is 1. The van der Waals surface area contributed by atoms with Crippen molar-refractivity contribution in [2.45, 2.75) is 32.5 Å². The highest BCUT2D eigenvalue weighted by molar-refractivity contribution is 5.28. The van der Waals surface area contributed by atoms with Crippen molar-refractivity contribution in [1.82, 2.24) is 0 Å². The maximum absolute atomic E-state index is 10.00. The molecule has 0 bridgehead atoms. The fraction of sp³-hybridized carbons (Fsp3) is 0.600. The Morgan fingerprint density at radius 1 is 1.05 bits per heavy atom. The van der Waals surface area contributed by atoms with Crippen LogP contribution in [-0.4, -0.2) is 38.1 Å². The molecule has 0 aliphatic heterocycles. The molecule has 1 N–H and O–H groups in total. The Bertz CT molecular complexity index is 335. The summed E-state index contributed by atoms with van der Waals surface area (Å²) in [4.78, 5) is 0. The Labute approximate surface area is 115 Å². The van der Waals surface area contributed by atoms with Gasteiger partial charge in [0.05, 0.1) is 25.4 Å². The lowest BCUT2D eigenvalue weighted by Crippen LogP contribution is -2.08. The molecule has 4 nitrogen and oxygen atoms in total. The average molecular weight is 268 g/mol. The Morgan fingerprint density at radius 2 is 1.74 bits per heavy atom. The first kappa shape index (κ1) is 16.0. The van der Waals surface area contributed by atoms with E-state index in [9.17, 15) is 5.11 Å². The summed E-state index contributed by atoms with van der Waals surface area (Å²) in [7, 11) is 1.64. The van der Waals surface area contributed by atoms with E-state index in [1.807, 2.05) is 38.1 Å². The number of rotatable bonds is 9. The summed E-state index contributed by atoms with van der Waals surface area (Å²) < 4.78 is 15.8. The Hall–Kier alpha value is -1.10. The average Bonchev–Trinajstić information content (AvgIpc) is 2.38. The highest BCUT2D eigenvalue weighted by atomic mass is 16.5. The van der Waals surface area contributed by atoms with Crippen LogP contribution in [0.5, 0.6) is 5.75 Å². The first-order valence-corrected chi connectivity index (χ1v) is 6.65. The maximum Gasteiger partial charge on any atom is 0.119 e. The third kappa shape index (κ3) is 6.57. The molecule has 4 heteroatoms. The molecule has 1 atom stereocenters. The zero-order valence-corrected chi connectivity index (χ0v) is 12.0. The predicted molar refractivity (Wildman–Crippen MR) is 74.5 cm³/mol. The van der Waals surface area contributed by atoms with Crippen molar-refractivity contribution >= 4 is 0 Å². The summed E-state index contributed by atoms with van der Waals surface area (Å²) in [5, 5.41) is 10.00. The van der Waals surface area contributed by atoms with Gasteiger partial charge in [0.25, 0.3) is 0 Å². The first-order valence-electron chi connectivity index (χ1n) is 6.65. The van der Waals surface area contributed by atoms with Crippen LogP contribution < -0.4 is 4.74 Å². The van der Waals surface area contributed by atoms with Crippen LogP contribution in [0.4, 0.5) is 0 Å². The molecule has 0 saturated heterocycles. The number of hydrogen-bond acceptors (Lipinski definition) is 4. The second-order valence-corrected chi connectivity index (χ2v) is 4.65. The summed E-state index contributed by atoms with van der Waals surface area (Å²) in [6.07, 6.45) is 0.231. The molecular formula is C15H24O4. The molecule has 1 rings (SSSR count). The largest absolute Gasteiger partial charge is 0.491 e. The SMILES string of the molecule is COCCOCCC(O)c1ccc(OC(C)C)cc1. The van der Waals surface area contributed by atoms with Gasteiger partial charge in [-0.15, -0.1) is 0 Å². The van der Waals surface area contributed by atoms with Gasteiger partial charge in [-0.3, -0.25) is 0 Å². The smallest absolute Gasteiger partial charge is 0.119 e. The van der Waals surface area contributed by atoms with Crippen molar-refractivity contribution < 1.29 is 19.3 Å². The molecule has 1 aromatic rings. The van der Waals surface area contributed by atoms with Gasteiger partial charge in [-0.25, -0.2) is 0 Å². The summed E-state index contributed by atoms with van der Waals surface area (Å²) in [5.41, 5.74) is 0.881. The molecule has 1 aromatic carbocycles. The van der Waals surface area contributed by atoms with Gasteiger partial charge >= 0.3 is 0 Å². The molecule has 0 aliphatic rings. The highest BCUT2D eigenvalue weighted by Gasteiger charge is 2.07. The van der Waals surface area contributed by atoms with Crippen LogP contribution in [0, 0.1) is 0 Å². The van der Waals surface area contributed by atoms with Crippen molar-refractivity contribution in [3.05, 3.63) is 29.8 Å². The molecule has 0 heterocycles. The van der Waals surface area contributed by atoms with Crippen LogP contribution in [-0.2, 0) is 9.47 Å². The molecular weight excluding hydrogens is 244 g/mol. The third-order valence-electron chi connectivity index (χ3n) is 2.60. The van der Waals surface area contributed by atoms with Crippen LogP contribution in [0.2, 0.25) is 0 Å². The molecule has 1 unspecified atom stereocenters. The molecule has 0 spiro atoms. The monoisotopic (exact) mass is 268 g/mol. The van der Waals surface area contributed by atoms with E-state index in [1.54, 1.807) is 7.11 Å². The second-order valence-electron chi connectivity index (χ2n) is 4.65. The van der Waals surface area contributed by atoms with Gasteiger partial charge in [0, 0.05) is 20.1 Å². The van der Waals surface area contributed by atoms with Gasteiger partial charge in [0.1, 0.15) is 5.75 Å². The second kappa shape index (κ2) is 8.91. The minimum absolute atomic E-state index is 0.157. The van der Waals surface area contributed by atoms with Crippen molar-refractivity contribution in [3.8, 4) is 5.75 Å². The minimum atomic E-state index is -0.504. The molecule has 0 aromatic heterocycles. The minimum Gasteiger partial charge on any atom is -0.491 e. The lowest BCUT2D eigenvalue weighted by molar-refractivity contribution is 0.0475. The number of ether oxygens (including phenoxy) is 3. The standard InChI is InChI=1S/C15H24O4/c1-12(2)19-14-6-4-13(5-7-14)15(16)8-9-18-11-10-17-3/h4-7,12,15-16H,8-11H2,1-3H3. The number of aliphatic hydroxyl groups excluding tert-OH is 1. The lowest BCUT2D eigenvalue weighted by atomic mass is 10.1. The molecule has 0 amide bonds. The maximum atomic E-state index is 10.00. The highest BCUT2D eigenvalue weighted by Crippen LogP contribution is 2.20. The number of hydrogen-bond donors (Lipinski definition) is 1. The van der Waals surface area contributed by atoms with Crippen LogP contribution in [0.1, 0.15) is 31.9 Å². The third-order valence-corrected chi connectivity index (χ3v) is 2.60. The zero-order chi connectivity index (χ0) is 14.1. The van der Waals surface area contributed by atoms with Gasteiger partial charge in [0.2, 0.25) is 0 Å². The van der Waals surface area contributed by atoms with E-state index in [-0.39, 0.29) is 6.10 Å². The van der Waals surface area contributed by atoms with Gasteiger partial charge in [-0.2, -0.15) is 0 Å². The van der Waals surface area contributed by atoms with Crippen molar-refractivity contribution in [1.29, 1.82) is 0 Å². The number of aliphatic hydroxyl groups is 1. The van der Waals surface area contributed by atoms with E-state index < -0.39 is 6.10 Å². The molecule has 0 fully saturated rings. The van der Waals surface area contributed by atoms with Crippen LogP contribution >= 0.6 is 0 Å². The molecule has 0 radical (unpaired) electrons. The molecule has 108 valence electrons. The molecule has 19 heavy (non-hydrogen) atoms. The predicted octanol–water partition coefficient (Wildman–Crippen LogP) is 2.56.